The highest BCUT2D eigenvalue weighted by molar-refractivity contribution is 5.92. The van der Waals surface area contributed by atoms with Crippen molar-refractivity contribution in [3.8, 4) is 0 Å². The van der Waals surface area contributed by atoms with Crippen molar-refractivity contribution < 1.29 is 9.53 Å². The van der Waals surface area contributed by atoms with Gasteiger partial charge in [0.2, 0.25) is 0 Å². The third-order valence-electron chi connectivity index (χ3n) is 5.22. The zero-order chi connectivity index (χ0) is 17.2. The van der Waals surface area contributed by atoms with Crippen LogP contribution in [0.3, 0.4) is 0 Å². The van der Waals surface area contributed by atoms with Crippen molar-refractivity contribution in [2.45, 2.75) is 25.2 Å². The summed E-state index contributed by atoms with van der Waals surface area (Å²) >= 11 is 0. The Kier molecular flexibility index (Phi) is 4.55. The molecule has 2 aliphatic rings. The summed E-state index contributed by atoms with van der Waals surface area (Å²) in [4.78, 5) is 21.5. The molecule has 2 fully saturated rings. The molecule has 4 rings (SSSR count). The maximum atomic E-state index is 12.7. The van der Waals surface area contributed by atoms with Crippen LogP contribution in [0.2, 0.25) is 0 Å². The Morgan fingerprint density at radius 1 is 1.24 bits per heavy atom. The highest BCUT2D eigenvalue weighted by atomic mass is 16.5. The number of ether oxygens (including phenoxy) is 1. The lowest BCUT2D eigenvalue weighted by Crippen LogP contribution is -2.52. The molecule has 0 aliphatic carbocycles. The number of piperazine rings is 1. The summed E-state index contributed by atoms with van der Waals surface area (Å²) in [5.74, 6) is 0.130. The van der Waals surface area contributed by atoms with Crippen molar-refractivity contribution in [3.63, 3.8) is 0 Å². The molecule has 0 bridgehead atoms. The molecule has 25 heavy (non-hydrogen) atoms. The number of rotatable bonds is 4. The van der Waals surface area contributed by atoms with Gasteiger partial charge in [0, 0.05) is 51.7 Å². The molecule has 2 aromatic rings. The number of carbonyl (C=O) groups excluding carboxylic acids is 1. The van der Waals surface area contributed by atoms with Gasteiger partial charge in [0.1, 0.15) is 5.69 Å². The fourth-order valence-corrected chi connectivity index (χ4v) is 3.83. The Balaban J connectivity index is 1.33. The molecule has 1 amide bonds. The van der Waals surface area contributed by atoms with Crippen molar-refractivity contribution in [1.82, 2.24) is 19.4 Å². The summed E-state index contributed by atoms with van der Waals surface area (Å²) in [5, 5.41) is 0. The molecule has 4 heterocycles. The van der Waals surface area contributed by atoms with E-state index in [9.17, 15) is 4.79 Å². The number of aryl methyl sites for hydroxylation is 1. The number of amides is 1. The molecule has 0 spiro atoms. The molecule has 0 N–H and O–H groups in total. The van der Waals surface area contributed by atoms with Gasteiger partial charge in [0.15, 0.2) is 0 Å². The minimum absolute atomic E-state index is 0.130. The van der Waals surface area contributed by atoms with Gasteiger partial charge in [0.25, 0.3) is 5.91 Å². The molecule has 2 saturated heterocycles. The first kappa shape index (κ1) is 16.3. The molecule has 0 unspecified atom stereocenters. The van der Waals surface area contributed by atoms with Crippen LogP contribution in [0.25, 0.3) is 0 Å². The first-order valence-corrected chi connectivity index (χ1v) is 8.87. The summed E-state index contributed by atoms with van der Waals surface area (Å²) in [6.07, 6.45) is 4.91. The molecule has 0 saturated carbocycles. The monoisotopic (exact) mass is 340 g/mol. The lowest BCUT2D eigenvalue weighted by Gasteiger charge is -2.37. The van der Waals surface area contributed by atoms with Gasteiger partial charge in [-0.1, -0.05) is 6.07 Å². The Labute approximate surface area is 148 Å². The van der Waals surface area contributed by atoms with Gasteiger partial charge in [-0.2, -0.15) is 0 Å². The van der Waals surface area contributed by atoms with E-state index in [0.29, 0.717) is 12.6 Å². The van der Waals surface area contributed by atoms with Crippen molar-refractivity contribution in [2.75, 3.05) is 26.2 Å². The summed E-state index contributed by atoms with van der Waals surface area (Å²) in [5.41, 5.74) is 1.72. The van der Waals surface area contributed by atoms with Crippen molar-refractivity contribution >= 4 is 5.91 Å². The van der Waals surface area contributed by atoms with E-state index in [1.165, 1.54) is 0 Å². The van der Waals surface area contributed by atoms with E-state index in [0.717, 1.165) is 44.0 Å². The first-order valence-electron chi connectivity index (χ1n) is 8.87. The Bertz CT molecular complexity index is 730. The van der Waals surface area contributed by atoms with Crippen LogP contribution >= 0.6 is 0 Å². The number of fused-ring (bicyclic) bond motifs is 1. The van der Waals surface area contributed by atoms with Gasteiger partial charge >= 0.3 is 0 Å². The first-order chi connectivity index (χ1) is 12.2. The highest BCUT2D eigenvalue weighted by Gasteiger charge is 2.38. The zero-order valence-corrected chi connectivity index (χ0v) is 14.5. The number of hydrogen-bond acceptors (Lipinski definition) is 4. The Morgan fingerprint density at radius 2 is 2.16 bits per heavy atom. The molecule has 2 aliphatic heterocycles. The normalized spacial score (nSPS) is 23.6. The van der Waals surface area contributed by atoms with Crippen LogP contribution in [-0.4, -0.2) is 63.6 Å². The van der Waals surface area contributed by atoms with E-state index < -0.39 is 0 Å². The molecular weight excluding hydrogens is 316 g/mol. The average molecular weight is 340 g/mol. The van der Waals surface area contributed by atoms with Crippen molar-refractivity contribution in [1.29, 1.82) is 0 Å². The van der Waals surface area contributed by atoms with Gasteiger partial charge < -0.3 is 14.2 Å². The fraction of sp³-hybridized carbons (Fsp3) is 0.474. The predicted molar refractivity (Wildman–Crippen MR) is 94.1 cm³/mol. The van der Waals surface area contributed by atoms with Crippen LogP contribution < -0.4 is 0 Å². The molecule has 0 radical (unpaired) electrons. The van der Waals surface area contributed by atoms with E-state index in [1.807, 2.05) is 53.0 Å². The van der Waals surface area contributed by atoms with E-state index in [-0.39, 0.29) is 12.0 Å². The number of pyridine rings is 1. The fourth-order valence-electron chi connectivity index (χ4n) is 3.83. The van der Waals surface area contributed by atoms with Crippen LogP contribution in [0, 0.1) is 0 Å². The molecule has 6 heteroatoms. The van der Waals surface area contributed by atoms with Crippen LogP contribution in [0.1, 0.15) is 22.6 Å². The number of nitrogens with zero attached hydrogens (tertiary/aromatic N) is 4. The number of hydrogen-bond donors (Lipinski definition) is 0. The Morgan fingerprint density at radius 3 is 2.92 bits per heavy atom. The second kappa shape index (κ2) is 6.98. The highest BCUT2D eigenvalue weighted by Crippen LogP contribution is 2.25. The maximum Gasteiger partial charge on any atom is 0.270 e. The molecular formula is C19H24N4O2. The maximum absolute atomic E-state index is 12.7. The summed E-state index contributed by atoms with van der Waals surface area (Å²) < 4.78 is 7.95. The van der Waals surface area contributed by atoms with E-state index >= 15 is 0 Å². The smallest absolute Gasteiger partial charge is 0.270 e. The van der Waals surface area contributed by atoms with Gasteiger partial charge in [0.05, 0.1) is 18.4 Å². The Hall–Kier alpha value is -2.18. The molecule has 2 aromatic heterocycles. The molecule has 0 aromatic carbocycles. The summed E-state index contributed by atoms with van der Waals surface area (Å²) in [6.45, 7) is 3.99. The molecule has 6 nitrogen and oxygen atoms in total. The van der Waals surface area contributed by atoms with Gasteiger partial charge in [-0.05, 0) is 30.7 Å². The predicted octanol–water partition coefficient (Wildman–Crippen LogP) is 1.54. The van der Waals surface area contributed by atoms with E-state index in [2.05, 4.69) is 9.88 Å². The quantitative estimate of drug-likeness (QED) is 0.847. The number of aromatic nitrogens is 2. The minimum Gasteiger partial charge on any atom is -0.371 e. The van der Waals surface area contributed by atoms with Crippen LogP contribution in [0.5, 0.6) is 0 Å². The molecule has 2 atom stereocenters. The van der Waals surface area contributed by atoms with Gasteiger partial charge in [-0.3, -0.25) is 14.7 Å². The topological polar surface area (TPSA) is 50.6 Å². The summed E-state index contributed by atoms with van der Waals surface area (Å²) in [7, 11) is 1.92. The van der Waals surface area contributed by atoms with Gasteiger partial charge in [-0.15, -0.1) is 0 Å². The van der Waals surface area contributed by atoms with E-state index in [4.69, 9.17) is 4.74 Å². The zero-order valence-electron chi connectivity index (χ0n) is 14.5. The van der Waals surface area contributed by atoms with Crippen molar-refractivity contribution in [2.24, 2.45) is 7.05 Å². The van der Waals surface area contributed by atoms with Crippen LogP contribution in [0.15, 0.2) is 42.7 Å². The lowest BCUT2D eigenvalue weighted by molar-refractivity contribution is 0.0434. The minimum atomic E-state index is 0.130. The lowest BCUT2D eigenvalue weighted by atomic mass is 10.1. The van der Waals surface area contributed by atoms with Gasteiger partial charge in [-0.25, -0.2) is 0 Å². The third-order valence-corrected chi connectivity index (χ3v) is 5.22. The third kappa shape index (κ3) is 3.45. The average Bonchev–Trinajstić information content (AvgIpc) is 3.25. The van der Waals surface area contributed by atoms with Crippen LogP contribution in [-0.2, 0) is 18.4 Å². The second-order valence-electron chi connectivity index (χ2n) is 6.89. The SMILES string of the molecule is Cn1cccc1C(=O)N1CCN2C[C@H](OCc3ccccn3)C[C@H]2C1. The van der Waals surface area contributed by atoms with Crippen molar-refractivity contribution in [3.05, 3.63) is 54.1 Å². The second-order valence-corrected chi connectivity index (χ2v) is 6.89. The van der Waals surface area contributed by atoms with Crippen LogP contribution in [0.4, 0.5) is 0 Å². The van der Waals surface area contributed by atoms with E-state index in [1.54, 1.807) is 6.20 Å². The number of carbonyl (C=O) groups is 1. The largest absolute Gasteiger partial charge is 0.371 e. The summed E-state index contributed by atoms with van der Waals surface area (Å²) in [6, 6.07) is 10.1. The molecule has 132 valence electrons. The standard InChI is InChI=1S/C19H24N4O2/c1-21-8-4-6-18(21)19(24)23-10-9-22-13-17(11-16(22)12-23)25-14-15-5-2-3-7-20-15/h2-8,16-17H,9-14H2,1H3/t16-,17+/m0/s1.